The van der Waals surface area contributed by atoms with Crippen LogP contribution in [0.2, 0.25) is 0 Å². The maximum atomic E-state index is 8.73. The number of anilines is 1. The molecule has 0 atom stereocenters. The van der Waals surface area contributed by atoms with Crippen molar-refractivity contribution in [2.24, 2.45) is 0 Å². The Hall–Kier alpha value is -0.810. The molecule has 0 saturated carbocycles. The summed E-state index contributed by atoms with van der Waals surface area (Å²) in [7, 11) is 0. The molecule has 1 rings (SSSR count). The van der Waals surface area contributed by atoms with Gasteiger partial charge in [0, 0.05) is 18.4 Å². The van der Waals surface area contributed by atoms with Gasteiger partial charge in [-0.05, 0) is 13.3 Å². The molecule has 0 aromatic carbocycles. The summed E-state index contributed by atoms with van der Waals surface area (Å²) in [5.41, 5.74) is 0. The van der Waals surface area contributed by atoms with Gasteiger partial charge in [-0.1, -0.05) is 6.92 Å². The highest BCUT2D eigenvalue weighted by Gasteiger charge is 2.01. The van der Waals surface area contributed by atoms with Gasteiger partial charge in [-0.2, -0.15) is 0 Å². The van der Waals surface area contributed by atoms with Gasteiger partial charge in [0.1, 0.15) is 16.7 Å². The number of thioether (sulfide) groups is 1. The number of aliphatic hydroxyl groups excluding tert-OH is 1. The number of aliphatic hydroxyl groups is 1. The quantitative estimate of drug-likeness (QED) is 0.572. The topological polar surface area (TPSA) is 58.0 Å². The van der Waals surface area contributed by atoms with Gasteiger partial charge in [-0.25, -0.2) is 9.97 Å². The zero-order valence-electron chi connectivity index (χ0n) is 9.16. The third kappa shape index (κ3) is 4.48. The Bertz CT molecular complexity index is 280. The average molecular weight is 227 g/mol. The van der Waals surface area contributed by atoms with E-state index in [1.54, 1.807) is 11.8 Å². The first kappa shape index (κ1) is 12.3. The Morgan fingerprint density at radius 1 is 1.47 bits per heavy atom. The van der Waals surface area contributed by atoms with Gasteiger partial charge in [0.2, 0.25) is 0 Å². The number of aromatic nitrogens is 2. The molecule has 0 radical (unpaired) electrons. The van der Waals surface area contributed by atoms with Crippen molar-refractivity contribution in [2.45, 2.75) is 25.3 Å². The molecule has 4 nitrogen and oxygen atoms in total. The third-order valence-corrected chi connectivity index (χ3v) is 2.60. The summed E-state index contributed by atoms with van der Waals surface area (Å²) >= 11 is 1.54. The molecule has 0 aliphatic heterocycles. The second-order valence-electron chi connectivity index (χ2n) is 3.14. The van der Waals surface area contributed by atoms with Crippen LogP contribution in [0.3, 0.4) is 0 Å². The summed E-state index contributed by atoms with van der Waals surface area (Å²) in [5, 5.41) is 12.9. The van der Waals surface area contributed by atoms with E-state index in [1.807, 2.05) is 13.0 Å². The van der Waals surface area contributed by atoms with Crippen molar-refractivity contribution in [1.29, 1.82) is 0 Å². The summed E-state index contributed by atoms with van der Waals surface area (Å²) < 4.78 is 0. The maximum absolute atomic E-state index is 8.73. The van der Waals surface area contributed by atoms with Crippen molar-refractivity contribution in [3.8, 4) is 0 Å². The fraction of sp³-hybridized carbons (Fsp3) is 0.600. The molecule has 0 aliphatic rings. The van der Waals surface area contributed by atoms with Gasteiger partial charge in [0.05, 0.1) is 6.61 Å². The molecule has 0 amide bonds. The number of nitrogens with zero attached hydrogens (tertiary/aromatic N) is 2. The molecule has 0 unspecified atom stereocenters. The predicted molar refractivity (Wildman–Crippen MR) is 63.4 cm³/mol. The van der Waals surface area contributed by atoms with Crippen molar-refractivity contribution in [1.82, 2.24) is 9.97 Å². The van der Waals surface area contributed by atoms with Gasteiger partial charge >= 0.3 is 0 Å². The zero-order valence-corrected chi connectivity index (χ0v) is 9.97. The van der Waals surface area contributed by atoms with Crippen molar-refractivity contribution in [2.75, 3.05) is 24.2 Å². The zero-order chi connectivity index (χ0) is 11.1. The number of nitrogens with one attached hydrogen (secondary N) is 1. The highest BCUT2D eigenvalue weighted by molar-refractivity contribution is 7.99. The second-order valence-corrected chi connectivity index (χ2v) is 4.25. The molecule has 1 aromatic heterocycles. The van der Waals surface area contributed by atoms with Crippen LogP contribution in [0.5, 0.6) is 0 Å². The summed E-state index contributed by atoms with van der Waals surface area (Å²) in [4.78, 5) is 8.56. The molecule has 0 aliphatic carbocycles. The fourth-order valence-electron chi connectivity index (χ4n) is 1.11. The Kier molecular flexibility index (Phi) is 5.42. The molecule has 0 bridgehead atoms. The first-order chi connectivity index (χ1) is 7.26. The SMILES string of the molecule is CCCNc1cc(SCCO)nc(C)n1. The first-order valence-corrected chi connectivity index (χ1v) is 6.08. The van der Waals surface area contributed by atoms with Crippen molar-refractivity contribution >= 4 is 17.6 Å². The van der Waals surface area contributed by atoms with Crippen LogP contribution in [0.15, 0.2) is 11.1 Å². The minimum Gasteiger partial charge on any atom is -0.396 e. The molecule has 1 heterocycles. The normalized spacial score (nSPS) is 10.3. The van der Waals surface area contributed by atoms with Crippen LogP contribution in [0.1, 0.15) is 19.2 Å². The summed E-state index contributed by atoms with van der Waals surface area (Å²) in [6.45, 7) is 5.08. The van der Waals surface area contributed by atoms with Crippen LogP contribution in [0, 0.1) is 6.92 Å². The van der Waals surface area contributed by atoms with Gasteiger partial charge in [-0.3, -0.25) is 0 Å². The molecule has 5 heteroatoms. The molecule has 2 N–H and O–H groups in total. The monoisotopic (exact) mass is 227 g/mol. The molecule has 84 valence electrons. The minimum atomic E-state index is 0.172. The summed E-state index contributed by atoms with van der Waals surface area (Å²) in [6.07, 6.45) is 1.07. The van der Waals surface area contributed by atoms with E-state index in [-0.39, 0.29) is 6.61 Å². The molecular formula is C10H17N3OS. The van der Waals surface area contributed by atoms with Gasteiger partial charge in [0.15, 0.2) is 0 Å². The maximum Gasteiger partial charge on any atom is 0.130 e. The molecular weight excluding hydrogens is 210 g/mol. The lowest BCUT2D eigenvalue weighted by atomic mass is 10.4. The lowest BCUT2D eigenvalue weighted by Crippen LogP contribution is -2.04. The van der Waals surface area contributed by atoms with Gasteiger partial charge in [0.25, 0.3) is 0 Å². The number of hydrogen-bond acceptors (Lipinski definition) is 5. The molecule has 0 fully saturated rings. The summed E-state index contributed by atoms with van der Waals surface area (Å²) in [6, 6.07) is 1.92. The van der Waals surface area contributed by atoms with E-state index in [1.165, 1.54) is 0 Å². The van der Waals surface area contributed by atoms with E-state index in [2.05, 4.69) is 22.2 Å². The van der Waals surface area contributed by atoms with Crippen molar-refractivity contribution < 1.29 is 5.11 Å². The van der Waals surface area contributed by atoms with Crippen LogP contribution < -0.4 is 5.32 Å². The number of aryl methyl sites for hydroxylation is 1. The first-order valence-electron chi connectivity index (χ1n) is 5.09. The molecule has 0 saturated heterocycles. The highest BCUT2D eigenvalue weighted by atomic mass is 32.2. The molecule has 15 heavy (non-hydrogen) atoms. The van der Waals surface area contributed by atoms with Crippen molar-refractivity contribution in [3.63, 3.8) is 0 Å². The standard InChI is InChI=1S/C10H17N3OS/c1-3-4-11-9-7-10(15-6-5-14)13-8(2)12-9/h7,14H,3-6H2,1-2H3,(H,11,12,13). The minimum absolute atomic E-state index is 0.172. The lowest BCUT2D eigenvalue weighted by molar-refractivity contribution is 0.322. The largest absolute Gasteiger partial charge is 0.396 e. The van der Waals surface area contributed by atoms with Crippen LogP contribution in [0.25, 0.3) is 0 Å². The van der Waals surface area contributed by atoms with E-state index in [9.17, 15) is 0 Å². The van der Waals surface area contributed by atoms with E-state index < -0.39 is 0 Å². The van der Waals surface area contributed by atoms with E-state index in [4.69, 9.17) is 5.11 Å². The molecule has 0 spiro atoms. The number of rotatable bonds is 6. The Morgan fingerprint density at radius 3 is 2.93 bits per heavy atom. The van der Waals surface area contributed by atoms with Gasteiger partial charge in [-0.15, -0.1) is 11.8 Å². The third-order valence-electron chi connectivity index (χ3n) is 1.71. The fourth-order valence-corrected chi connectivity index (χ4v) is 1.80. The number of hydrogen-bond donors (Lipinski definition) is 2. The van der Waals surface area contributed by atoms with Crippen LogP contribution in [0.4, 0.5) is 5.82 Å². The lowest BCUT2D eigenvalue weighted by Gasteiger charge is -2.06. The van der Waals surface area contributed by atoms with E-state index >= 15 is 0 Å². The molecule has 1 aromatic rings. The predicted octanol–water partition coefficient (Wildman–Crippen LogP) is 1.69. The van der Waals surface area contributed by atoms with Crippen molar-refractivity contribution in [3.05, 3.63) is 11.9 Å². The van der Waals surface area contributed by atoms with Crippen LogP contribution in [-0.2, 0) is 0 Å². The second kappa shape index (κ2) is 6.63. The van der Waals surface area contributed by atoms with Crippen LogP contribution >= 0.6 is 11.8 Å². The summed E-state index contributed by atoms with van der Waals surface area (Å²) in [5.74, 6) is 2.30. The van der Waals surface area contributed by atoms with E-state index in [0.717, 1.165) is 29.6 Å². The highest BCUT2D eigenvalue weighted by Crippen LogP contribution is 2.17. The Morgan fingerprint density at radius 2 is 2.27 bits per heavy atom. The average Bonchev–Trinajstić information content (AvgIpc) is 2.23. The smallest absolute Gasteiger partial charge is 0.130 e. The van der Waals surface area contributed by atoms with Gasteiger partial charge < -0.3 is 10.4 Å². The Labute approximate surface area is 94.5 Å². The Balaban J connectivity index is 2.66. The van der Waals surface area contributed by atoms with Crippen LogP contribution in [-0.4, -0.2) is 34.0 Å². The van der Waals surface area contributed by atoms with E-state index in [0.29, 0.717) is 5.75 Å².